The van der Waals surface area contributed by atoms with Gasteiger partial charge in [0, 0.05) is 48.9 Å². The topological polar surface area (TPSA) is 58.5 Å². The average molecular weight is 324 g/mol. The van der Waals surface area contributed by atoms with Gasteiger partial charge < -0.3 is 21.3 Å². The summed E-state index contributed by atoms with van der Waals surface area (Å²) in [6, 6.07) is 14.7. The zero-order valence-electron chi connectivity index (χ0n) is 14.5. The minimum Gasteiger partial charge on any atom is -0.399 e. The maximum absolute atomic E-state index is 6.13. The molecule has 1 saturated heterocycles. The number of aryl methyl sites for hydroxylation is 1. The van der Waals surface area contributed by atoms with E-state index in [2.05, 4.69) is 47.1 Å². The zero-order valence-corrected chi connectivity index (χ0v) is 14.5. The Hall–Kier alpha value is -2.36. The maximum Gasteiger partial charge on any atom is 0.0371 e. The van der Waals surface area contributed by atoms with E-state index in [4.69, 9.17) is 11.5 Å². The van der Waals surface area contributed by atoms with Crippen LogP contribution in [0.4, 0.5) is 22.7 Å². The van der Waals surface area contributed by atoms with Crippen molar-refractivity contribution in [2.45, 2.75) is 26.2 Å². The van der Waals surface area contributed by atoms with Crippen molar-refractivity contribution in [3.63, 3.8) is 0 Å². The number of hydrogen-bond acceptors (Lipinski definition) is 4. The van der Waals surface area contributed by atoms with Crippen molar-refractivity contribution in [2.75, 3.05) is 47.4 Å². The second kappa shape index (κ2) is 7.47. The molecule has 4 N–H and O–H groups in total. The molecule has 0 atom stereocenters. The van der Waals surface area contributed by atoms with Crippen molar-refractivity contribution in [1.82, 2.24) is 0 Å². The van der Waals surface area contributed by atoms with Crippen LogP contribution in [0.25, 0.3) is 0 Å². The van der Waals surface area contributed by atoms with Crippen LogP contribution in [0.2, 0.25) is 0 Å². The number of nitrogen functional groups attached to an aromatic ring is 2. The zero-order chi connectivity index (χ0) is 16.9. The summed E-state index contributed by atoms with van der Waals surface area (Å²) in [4.78, 5) is 4.88. The lowest BCUT2D eigenvalue weighted by Crippen LogP contribution is -2.46. The van der Waals surface area contributed by atoms with Gasteiger partial charge in [-0.15, -0.1) is 0 Å². The van der Waals surface area contributed by atoms with E-state index in [1.807, 2.05) is 12.1 Å². The lowest BCUT2D eigenvalue weighted by atomic mass is 10.0. The first-order valence-corrected chi connectivity index (χ1v) is 8.91. The molecule has 1 fully saturated rings. The summed E-state index contributed by atoms with van der Waals surface area (Å²) in [7, 11) is 0. The van der Waals surface area contributed by atoms with Gasteiger partial charge in [0.05, 0.1) is 0 Å². The van der Waals surface area contributed by atoms with Gasteiger partial charge in [-0.25, -0.2) is 0 Å². The van der Waals surface area contributed by atoms with E-state index >= 15 is 0 Å². The largest absolute Gasteiger partial charge is 0.399 e. The molecule has 4 heteroatoms. The molecule has 0 aliphatic carbocycles. The monoisotopic (exact) mass is 324 g/mol. The average Bonchev–Trinajstić information content (AvgIpc) is 2.62. The quantitative estimate of drug-likeness (QED) is 0.826. The molecule has 0 unspecified atom stereocenters. The van der Waals surface area contributed by atoms with Gasteiger partial charge in [-0.2, -0.15) is 0 Å². The molecular formula is C20H28N4. The molecule has 24 heavy (non-hydrogen) atoms. The van der Waals surface area contributed by atoms with E-state index in [1.165, 1.54) is 29.8 Å². The van der Waals surface area contributed by atoms with E-state index < -0.39 is 0 Å². The second-order valence-corrected chi connectivity index (χ2v) is 6.55. The van der Waals surface area contributed by atoms with E-state index in [9.17, 15) is 0 Å². The van der Waals surface area contributed by atoms with Gasteiger partial charge in [0.25, 0.3) is 0 Å². The number of hydrogen-bond donors (Lipinski definition) is 2. The number of benzene rings is 2. The molecule has 4 nitrogen and oxygen atoms in total. The highest BCUT2D eigenvalue weighted by molar-refractivity contribution is 5.60. The highest BCUT2D eigenvalue weighted by Gasteiger charge is 2.18. The van der Waals surface area contributed by atoms with Crippen LogP contribution >= 0.6 is 0 Å². The number of nitrogens with two attached hydrogens (primary N) is 2. The van der Waals surface area contributed by atoms with Gasteiger partial charge in [-0.05, 0) is 60.9 Å². The fourth-order valence-corrected chi connectivity index (χ4v) is 3.28. The Bertz CT molecular complexity index is 658. The number of unbranched alkanes of at least 4 members (excludes halogenated alkanes) is 1. The minimum atomic E-state index is 0.818. The van der Waals surface area contributed by atoms with Crippen LogP contribution in [0.3, 0.4) is 0 Å². The normalized spacial score (nSPS) is 14.9. The Morgan fingerprint density at radius 1 is 0.833 bits per heavy atom. The summed E-state index contributed by atoms with van der Waals surface area (Å²) in [6.07, 6.45) is 3.46. The van der Waals surface area contributed by atoms with Crippen LogP contribution < -0.4 is 21.3 Å². The summed E-state index contributed by atoms with van der Waals surface area (Å²) >= 11 is 0. The Morgan fingerprint density at radius 2 is 1.42 bits per heavy atom. The first-order valence-electron chi connectivity index (χ1n) is 8.91. The van der Waals surface area contributed by atoms with Crippen LogP contribution in [0.5, 0.6) is 0 Å². The van der Waals surface area contributed by atoms with E-state index in [1.54, 1.807) is 0 Å². The molecule has 2 aromatic rings. The van der Waals surface area contributed by atoms with Gasteiger partial charge in [-0.1, -0.05) is 13.3 Å². The summed E-state index contributed by atoms with van der Waals surface area (Å²) in [5.41, 5.74) is 17.5. The standard InChI is InChI=1S/C20H28N4/c1-2-3-4-16-15-19(9-10-20(16)22)24-13-11-23(12-14-24)18-7-5-17(21)6-8-18/h5-10,15H,2-4,11-14,21-22H2,1H3. The van der Waals surface area contributed by atoms with Crippen molar-refractivity contribution in [3.8, 4) is 0 Å². The Balaban J connectivity index is 1.65. The number of anilines is 4. The molecular weight excluding hydrogens is 296 g/mol. The molecule has 2 aromatic carbocycles. The molecule has 1 aliphatic heterocycles. The van der Waals surface area contributed by atoms with Gasteiger partial charge >= 0.3 is 0 Å². The third-order valence-corrected chi connectivity index (χ3v) is 4.83. The van der Waals surface area contributed by atoms with Crippen molar-refractivity contribution in [1.29, 1.82) is 0 Å². The van der Waals surface area contributed by atoms with Crippen molar-refractivity contribution in [3.05, 3.63) is 48.0 Å². The third kappa shape index (κ3) is 3.75. The molecule has 0 saturated carbocycles. The highest BCUT2D eigenvalue weighted by Crippen LogP contribution is 2.25. The van der Waals surface area contributed by atoms with Gasteiger partial charge in [0.15, 0.2) is 0 Å². The second-order valence-electron chi connectivity index (χ2n) is 6.55. The van der Waals surface area contributed by atoms with Crippen LogP contribution in [-0.4, -0.2) is 26.2 Å². The number of nitrogens with zero attached hydrogens (tertiary/aromatic N) is 2. The Morgan fingerprint density at radius 3 is 2.04 bits per heavy atom. The number of piperazine rings is 1. The fraction of sp³-hybridized carbons (Fsp3) is 0.400. The predicted molar refractivity (Wildman–Crippen MR) is 105 cm³/mol. The van der Waals surface area contributed by atoms with Gasteiger partial charge in [0.1, 0.15) is 0 Å². The Kier molecular flexibility index (Phi) is 5.14. The van der Waals surface area contributed by atoms with E-state index in [-0.39, 0.29) is 0 Å². The van der Waals surface area contributed by atoms with Gasteiger partial charge in [-0.3, -0.25) is 0 Å². The molecule has 1 heterocycles. The Labute approximate surface area is 145 Å². The smallest absolute Gasteiger partial charge is 0.0371 e. The number of rotatable bonds is 5. The summed E-state index contributed by atoms with van der Waals surface area (Å²) in [5.74, 6) is 0. The van der Waals surface area contributed by atoms with E-state index in [0.717, 1.165) is 44.0 Å². The first-order chi connectivity index (χ1) is 11.7. The molecule has 0 aromatic heterocycles. The van der Waals surface area contributed by atoms with Crippen molar-refractivity contribution in [2.24, 2.45) is 0 Å². The molecule has 0 amide bonds. The SMILES string of the molecule is CCCCc1cc(N2CCN(c3ccc(N)cc3)CC2)ccc1N. The summed E-state index contributed by atoms with van der Waals surface area (Å²) in [5, 5.41) is 0. The fourth-order valence-electron chi connectivity index (χ4n) is 3.28. The third-order valence-electron chi connectivity index (χ3n) is 4.83. The lowest BCUT2D eigenvalue weighted by molar-refractivity contribution is 0.653. The maximum atomic E-state index is 6.13. The van der Waals surface area contributed by atoms with Crippen LogP contribution in [0, 0.1) is 0 Å². The first kappa shape index (κ1) is 16.5. The molecule has 0 spiro atoms. The van der Waals surface area contributed by atoms with Crippen LogP contribution in [0.1, 0.15) is 25.3 Å². The highest BCUT2D eigenvalue weighted by atomic mass is 15.3. The van der Waals surface area contributed by atoms with Crippen molar-refractivity contribution < 1.29 is 0 Å². The molecule has 1 aliphatic rings. The summed E-state index contributed by atoms with van der Waals surface area (Å²) in [6.45, 7) is 6.33. The minimum absolute atomic E-state index is 0.818. The van der Waals surface area contributed by atoms with Crippen molar-refractivity contribution >= 4 is 22.7 Å². The molecule has 0 radical (unpaired) electrons. The summed E-state index contributed by atoms with van der Waals surface area (Å²) < 4.78 is 0. The lowest BCUT2D eigenvalue weighted by Gasteiger charge is -2.37. The van der Waals surface area contributed by atoms with Crippen LogP contribution in [-0.2, 0) is 6.42 Å². The van der Waals surface area contributed by atoms with E-state index in [0.29, 0.717) is 0 Å². The molecule has 0 bridgehead atoms. The van der Waals surface area contributed by atoms with Gasteiger partial charge in [0.2, 0.25) is 0 Å². The predicted octanol–water partition coefficient (Wildman–Crippen LogP) is 3.52. The molecule has 128 valence electrons. The molecule has 3 rings (SSSR count). The van der Waals surface area contributed by atoms with Crippen LogP contribution in [0.15, 0.2) is 42.5 Å².